The van der Waals surface area contributed by atoms with Crippen molar-refractivity contribution in [2.24, 2.45) is 0 Å². The van der Waals surface area contributed by atoms with Crippen LogP contribution in [0.5, 0.6) is 0 Å². The Morgan fingerprint density at radius 3 is 1.37 bits per heavy atom. The van der Waals surface area contributed by atoms with Gasteiger partial charge in [-0.15, -0.1) is 0 Å². The van der Waals surface area contributed by atoms with Gasteiger partial charge >= 0.3 is 0 Å². The Morgan fingerprint density at radius 2 is 0.789 bits per heavy atom. The molecule has 0 fully saturated rings. The molecule has 7 aromatic carbocycles. The van der Waals surface area contributed by atoms with E-state index in [1.165, 1.54) is 62.9 Å². The molecule has 2 heteroatoms. The van der Waals surface area contributed by atoms with Gasteiger partial charge in [0.15, 0.2) is 8.07 Å². The zero-order valence-electron chi connectivity index (χ0n) is 20.8. The average Bonchev–Trinajstić information content (AvgIpc) is 3.00. The van der Waals surface area contributed by atoms with Crippen LogP contribution in [0.15, 0.2) is 155 Å². The van der Waals surface area contributed by atoms with Gasteiger partial charge in [0.05, 0.1) is 0 Å². The Labute approximate surface area is 227 Å². The van der Waals surface area contributed by atoms with E-state index >= 15 is 0 Å². The summed E-state index contributed by atoms with van der Waals surface area (Å²) in [4.78, 5) is 2.76. The highest BCUT2D eigenvalue weighted by atomic mass is 32.2. The number of benzene rings is 7. The van der Waals surface area contributed by atoms with E-state index in [1.54, 1.807) is 0 Å². The highest BCUT2D eigenvalue weighted by molar-refractivity contribution is 8.00. The van der Waals surface area contributed by atoms with E-state index < -0.39 is 8.07 Å². The van der Waals surface area contributed by atoms with Crippen LogP contribution in [0.3, 0.4) is 0 Å². The van der Waals surface area contributed by atoms with Crippen molar-refractivity contribution in [3.05, 3.63) is 146 Å². The van der Waals surface area contributed by atoms with Gasteiger partial charge in [0.1, 0.15) is 0 Å². The molecule has 0 saturated heterocycles. The lowest BCUT2D eigenvalue weighted by atomic mass is 9.94. The molecule has 0 aromatic heterocycles. The van der Waals surface area contributed by atoms with Gasteiger partial charge in [-0.3, -0.25) is 0 Å². The van der Waals surface area contributed by atoms with Crippen molar-refractivity contribution in [2.45, 2.75) is 9.79 Å². The number of hydrogen-bond acceptors (Lipinski definition) is 1. The van der Waals surface area contributed by atoms with Gasteiger partial charge in [-0.2, -0.15) is 0 Å². The summed E-state index contributed by atoms with van der Waals surface area (Å²) >= 11 is 1.92. The van der Waals surface area contributed by atoms with Crippen molar-refractivity contribution in [3.63, 3.8) is 0 Å². The lowest BCUT2D eigenvalue weighted by Gasteiger charge is -2.40. The minimum atomic E-state index is -2.57. The normalized spacial score (nSPS) is 13.9. The van der Waals surface area contributed by atoms with Gasteiger partial charge in [-0.1, -0.05) is 145 Å². The SMILES string of the molecule is c1ccc([Si]2(c3ccc4c5ccccc5c5ccccc5c4c3)c3ccccc3Sc3ccccc32)cc1. The summed E-state index contributed by atoms with van der Waals surface area (Å²) in [5.41, 5.74) is 0. The van der Waals surface area contributed by atoms with Crippen molar-refractivity contribution in [3.8, 4) is 0 Å². The predicted octanol–water partition coefficient (Wildman–Crippen LogP) is 6.99. The van der Waals surface area contributed by atoms with Crippen LogP contribution in [0.2, 0.25) is 0 Å². The van der Waals surface area contributed by atoms with E-state index in [9.17, 15) is 0 Å². The number of hydrogen-bond donors (Lipinski definition) is 0. The third kappa shape index (κ3) is 2.99. The molecule has 1 aliphatic heterocycles. The van der Waals surface area contributed by atoms with Crippen LogP contribution in [0.25, 0.3) is 32.3 Å². The van der Waals surface area contributed by atoms with Gasteiger partial charge in [0.25, 0.3) is 0 Å². The van der Waals surface area contributed by atoms with Crippen LogP contribution < -0.4 is 20.7 Å². The van der Waals surface area contributed by atoms with Crippen molar-refractivity contribution in [1.29, 1.82) is 0 Å². The van der Waals surface area contributed by atoms with Crippen molar-refractivity contribution >= 4 is 72.9 Å². The van der Waals surface area contributed by atoms with Crippen LogP contribution in [0.1, 0.15) is 0 Å². The van der Waals surface area contributed by atoms with E-state index in [0.29, 0.717) is 0 Å². The summed E-state index contributed by atoms with van der Waals surface area (Å²) in [5, 5.41) is 13.8. The largest absolute Gasteiger partial charge is 0.181 e. The van der Waals surface area contributed by atoms with Crippen LogP contribution >= 0.6 is 11.8 Å². The maximum Gasteiger partial charge on any atom is 0.181 e. The highest BCUT2D eigenvalue weighted by Crippen LogP contribution is 2.36. The van der Waals surface area contributed by atoms with E-state index in [4.69, 9.17) is 0 Å². The number of fused-ring (bicyclic) bond motifs is 8. The second-order valence-corrected chi connectivity index (χ2v) is 14.9. The molecule has 1 aliphatic rings. The molecule has 0 spiro atoms. The van der Waals surface area contributed by atoms with Gasteiger partial charge < -0.3 is 0 Å². The lowest BCUT2D eigenvalue weighted by molar-refractivity contribution is 1.42. The fraction of sp³-hybridized carbons (Fsp3) is 0. The molecule has 0 nitrogen and oxygen atoms in total. The topological polar surface area (TPSA) is 0 Å². The summed E-state index contributed by atoms with van der Waals surface area (Å²) < 4.78 is 0. The molecule has 0 bridgehead atoms. The predicted molar refractivity (Wildman–Crippen MR) is 167 cm³/mol. The van der Waals surface area contributed by atoms with Crippen molar-refractivity contribution in [1.82, 2.24) is 0 Å². The molecule has 7 aromatic rings. The van der Waals surface area contributed by atoms with Crippen molar-refractivity contribution < 1.29 is 0 Å². The van der Waals surface area contributed by atoms with Crippen molar-refractivity contribution in [2.75, 3.05) is 0 Å². The summed E-state index contributed by atoms with van der Waals surface area (Å²) in [6.45, 7) is 0. The van der Waals surface area contributed by atoms with E-state index in [2.05, 4.69) is 146 Å². The standard InChI is InChI=1S/C36H24SSi/c1-2-12-25(13-3-1)38(35-20-10-8-18-33(35)37-34-19-9-11-21-36(34)38)26-22-23-31-29-16-5-4-14-27(29)28-15-6-7-17-30(28)32(31)24-26/h1-24H. The van der Waals surface area contributed by atoms with Crippen LogP contribution in [-0.2, 0) is 0 Å². The molecule has 0 N–H and O–H groups in total. The Hall–Kier alpha value is -4.11. The van der Waals surface area contributed by atoms with Gasteiger partial charge in [-0.25, -0.2) is 0 Å². The molecule has 0 amide bonds. The minimum Gasteiger partial charge on any atom is -0.0903 e. The quantitative estimate of drug-likeness (QED) is 0.176. The smallest absolute Gasteiger partial charge is 0.0903 e. The summed E-state index contributed by atoms with van der Waals surface area (Å²) in [5.74, 6) is 0. The molecule has 0 aliphatic carbocycles. The molecule has 0 radical (unpaired) electrons. The summed E-state index contributed by atoms with van der Waals surface area (Å²) in [7, 11) is -2.57. The molecule has 38 heavy (non-hydrogen) atoms. The third-order valence-electron chi connectivity index (χ3n) is 8.19. The second kappa shape index (κ2) is 8.46. The fourth-order valence-electron chi connectivity index (χ4n) is 6.61. The van der Waals surface area contributed by atoms with Crippen LogP contribution in [-0.4, -0.2) is 8.07 Å². The van der Waals surface area contributed by atoms with Crippen LogP contribution in [0.4, 0.5) is 0 Å². The Morgan fingerprint density at radius 1 is 0.342 bits per heavy atom. The molecule has 8 rings (SSSR count). The molecular formula is C36H24SSi. The average molecular weight is 517 g/mol. The third-order valence-corrected chi connectivity index (χ3v) is 14.6. The fourth-order valence-corrected chi connectivity index (χ4v) is 13.6. The summed E-state index contributed by atoms with van der Waals surface area (Å²) in [6.07, 6.45) is 0. The van der Waals surface area contributed by atoms with Gasteiger partial charge in [0, 0.05) is 9.79 Å². The Bertz CT molecular complexity index is 1930. The first-order chi connectivity index (χ1) is 18.9. The minimum absolute atomic E-state index is 1.32. The zero-order chi connectivity index (χ0) is 25.1. The molecule has 0 unspecified atom stereocenters. The second-order valence-electron chi connectivity index (χ2n) is 10.1. The molecular weight excluding hydrogens is 493 g/mol. The summed E-state index contributed by atoms with van der Waals surface area (Å²) in [6, 6.07) is 54.6. The van der Waals surface area contributed by atoms with E-state index in [1.807, 2.05) is 11.8 Å². The highest BCUT2D eigenvalue weighted by Gasteiger charge is 2.46. The van der Waals surface area contributed by atoms with E-state index in [-0.39, 0.29) is 0 Å². The monoisotopic (exact) mass is 516 g/mol. The molecule has 0 atom stereocenters. The first-order valence-corrected chi connectivity index (χ1v) is 15.9. The first kappa shape index (κ1) is 21.9. The van der Waals surface area contributed by atoms with Crippen LogP contribution in [0, 0.1) is 0 Å². The van der Waals surface area contributed by atoms with Gasteiger partial charge in [0.2, 0.25) is 0 Å². The van der Waals surface area contributed by atoms with E-state index in [0.717, 1.165) is 0 Å². The molecule has 1 heterocycles. The zero-order valence-corrected chi connectivity index (χ0v) is 22.6. The molecule has 178 valence electrons. The maximum atomic E-state index is 2.53. The van der Waals surface area contributed by atoms with Gasteiger partial charge in [-0.05, 0) is 65.2 Å². The lowest BCUT2D eigenvalue weighted by Crippen LogP contribution is -2.76. The molecule has 0 saturated carbocycles. The number of rotatable bonds is 2. The Balaban J connectivity index is 1.57. The first-order valence-electron chi connectivity index (χ1n) is 13.1. The maximum absolute atomic E-state index is 2.57. The Kier molecular flexibility index (Phi) is 4.88.